The molecule has 4 aromatic rings. The molecule has 3 N–H and O–H groups in total. The first-order chi connectivity index (χ1) is 15.5. The third-order valence-electron chi connectivity index (χ3n) is 6.02. The number of ketones is 1. The first-order valence-corrected chi connectivity index (χ1v) is 11.0. The monoisotopic (exact) mass is 444 g/mol. The van der Waals surface area contributed by atoms with E-state index in [1.54, 1.807) is 4.68 Å². The van der Waals surface area contributed by atoms with Crippen molar-refractivity contribution >= 4 is 28.1 Å². The Morgan fingerprint density at radius 3 is 2.50 bits per heavy atom. The Hall–Kier alpha value is -3.78. The number of aromatic carboxylic acids is 1. The van der Waals surface area contributed by atoms with Crippen molar-refractivity contribution in [1.29, 1.82) is 0 Å². The first-order valence-electron chi connectivity index (χ1n) is 10.2. The fourth-order valence-corrected chi connectivity index (χ4v) is 5.62. The van der Waals surface area contributed by atoms with E-state index in [-0.39, 0.29) is 16.3 Å². The molecule has 0 radical (unpaired) electrons. The largest absolute Gasteiger partial charge is 0.478 e. The summed E-state index contributed by atoms with van der Waals surface area (Å²) in [5.41, 5.74) is 7.96. The van der Waals surface area contributed by atoms with Gasteiger partial charge in [-0.25, -0.2) is 9.48 Å². The van der Waals surface area contributed by atoms with E-state index >= 15 is 0 Å². The summed E-state index contributed by atoms with van der Waals surface area (Å²) in [7, 11) is 0. The molecule has 5 rings (SSSR count). The molecule has 1 aliphatic carbocycles. The number of Topliss-reactive ketones (excluding diaryl/α,β-unsaturated/α-hetero) is 1. The van der Waals surface area contributed by atoms with Crippen molar-refractivity contribution in [3.8, 4) is 0 Å². The molecule has 0 aliphatic heterocycles. The molecule has 8 heteroatoms. The van der Waals surface area contributed by atoms with Crippen LogP contribution < -0.4 is 5.73 Å². The summed E-state index contributed by atoms with van der Waals surface area (Å²) in [5.74, 6) is -1.28. The van der Waals surface area contributed by atoms with Gasteiger partial charge in [-0.15, -0.1) is 16.4 Å². The Labute approximate surface area is 188 Å². The van der Waals surface area contributed by atoms with Gasteiger partial charge in [-0.05, 0) is 29.5 Å². The maximum atomic E-state index is 14.0. The van der Waals surface area contributed by atoms with Gasteiger partial charge in [0.15, 0.2) is 5.78 Å². The number of benzene rings is 2. The second-order valence-electron chi connectivity index (χ2n) is 7.84. The maximum Gasteiger partial charge on any atom is 0.338 e. The minimum Gasteiger partial charge on any atom is -0.478 e. The second-order valence-corrected chi connectivity index (χ2v) is 8.89. The lowest BCUT2D eigenvalue weighted by atomic mass is 9.66. The van der Waals surface area contributed by atoms with Crippen molar-refractivity contribution in [2.45, 2.75) is 24.8 Å². The molecule has 2 aromatic heterocycles. The molecular weight excluding hydrogens is 424 g/mol. The quantitative estimate of drug-likeness (QED) is 0.485. The topological polar surface area (TPSA) is 111 Å². The van der Waals surface area contributed by atoms with Crippen LogP contribution in [0.3, 0.4) is 0 Å². The van der Waals surface area contributed by atoms with E-state index in [0.29, 0.717) is 35.5 Å². The number of carboxylic acid groups (broad SMARTS) is 1. The number of nitrogens with two attached hydrogens (primary N) is 1. The SMILES string of the molecule is Nc1sc2c(c1C(=O)O)CCC(c1ccccc1)(c1cn(Cc3ccccc3)nn1)C2=O. The molecule has 1 aliphatic rings. The van der Waals surface area contributed by atoms with Crippen molar-refractivity contribution in [1.82, 2.24) is 15.0 Å². The first kappa shape index (κ1) is 20.1. The fraction of sp³-hybridized carbons (Fsp3) is 0.167. The van der Waals surface area contributed by atoms with Crippen molar-refractivity contribution in [2.24, 2.45) is 0 Å². The zero-order valence-corrected chi connectivity index (χ0v) is 17.9. The number of anilines is 1. The molecular formula is C24H20N4O3S. The van der Waals surface area contributed by atoms with Gasteiger partial charge in [0.1, 0.15) is 16.1 Å². The summed E-state index contributed by atoms with van der Waals surface area (Å²) in [4.78, 5) is 26.1. The number of thiophene rings is 1. The summed E-state index contributed by atoms with van der Waals surface area (Å²) in [5, 5.41) is 18.5. The Morgan fingerprint density at radius 2 is 1.81 bits per heavy atom. The van der Waals surface area contributed by atoms with Gasteiger partial charge in [0.25, 0.3) is 0 Å². The third-order valence-corrected chi connectivity index (χ3v) is 7.08. The van der Waals surface area contributed by atoms with E-state index in [2.05, 4.69) is 10.3 Å². The highest BCUT2D eigenvalue weighted by molar-refractivity contribution is 7.18. The van der Waals surface area contributed by atoms with Crippen LogP contribution in [0.25, 0.3) is 0 Å². The van der Waals surface area contributed by atoms with Crippen LogP contribution in [0, 0.1) is 0 Å². The standard InChI is InChI=1S/C24H20N4O3S/c25-22-19(23(30)31)17-11-12-24(21(29)20(17)32-22,16-9-5-2-6-10-16)18-14-28(27-26-18)13-15-7-3-1-4-8-15/h1-10,14H,11-13,25H2,(H,30,31). The Kier molecular flexibility index (Phi) is 4.86. The van der Waals surface area contributed by atoms with E-state index in [9.17, 15) is 14.7 Å². The van der Waals surface area contributed by atoms with Gasteiger partial charge in [0.05, 0.1) is 23.2 Å². The van der Waals surface area contributed by atoms with Crippen molar-refractivity contribution in [3.05, 3.63) is 99.7 Å². The molecule has 0 saturated carbocycles. The van der Waals surface area contributed by atoms with Gasteiger partial charge in [0, 0.05) is 0 Å². The summed E-state index contributed by atoms with van der Waals surface area (Å²) in [6.07, 6.45) is 2.62. The van der Waals surface area contributed by atoms with E-state index in [0.717, 1.165) is 22.5 Å². The number of fused-ring (bicyclic) bond motifs is 1. The number of hydrogen-bond acceptors (Lipinski definition) is 6. The minimum absolute atomic E-state index is 0.0488. The predicted molar refractivity (Wildman–Crippen MR) is 121 cm³/mol. The van der Waals surface area contributed by atoms with E-state index in [1.165, 1.54) is 0 Å². The molecule has 7 nitrogen and oxygen atoms in total. The van der Waals surface area contributed by atoms with E-state index in [4.69, 9.17) is 5.73 Å². The van der Waals surface area contributed by atoms with Crippen LogP contribution in [0.2, 0.25) is 0 Å². The summed E-state index contributed by atoms with van der Waals surface area (Å²) >= 11 is 1.05. The lowest BCUT2D eigenvalue weighted by molar-refractivity contribution is 0.0697. The molecule has 1 unspecified atom stereocenters. The molecule has 2 heterocycles. The molecule has 0 saturated heterocycles. The average molecular weight is 445 g/mol. The van der Waals surface area contributed by atoms with Crippen LogP contribution in [0.1, 0.15) is 48.8 Å². The molecule has 32 heavy (non-hydrogen) atoms. The minimum atomic E-state index is -1.10. The number of carbonyl (C=O) groups excluding carboxylic acids is 1. The number of aromatic nitrogens is 3. The Morgan fingerprint density at radius 1 is 1.12 bits per heavy atom. The molecule has 0 bridgehead atoms. The number of nitrogen functional groups attached to an aromatic ring is 1. The summed E-state index contributed by atoms with van der Waals surface area (Å²) in [6.45, 7) is 0.535. The van der Waals surface area contributed by atoms with Crippen LogP contribution in [-0.2, 0) is 18.4 Å². The smallest absolute Gasteiger partial charge is 0.338 e. The van der Waals surface area contributed by atoms with E-state index < -0.39 is 11.4 Å². The van der Waals surface area contributed by atoms with Gasteiger partial charge >= 0.3 is 5.97 Å². The predicted octanol–water partition coefficient (Wildman–Crippen LogP) is 3.78. The highest BCUT2D eigenvalue weighted by Crippen LogP contribution is 2.47. The van der Waals surface area contributed by atoms with Crippen LogP contribution in [0.15, 0.2) is 66.9 Å². The summed E-state index contributed by atoms with van der Waals surface area (Å²) < 4.78 is 1.73. The van der Waals surface area contributed by atoms with Crippen LogP contribution in [0.5, 0.6) is 0 Å². The van der Waals surface area contributed by atoms with Crippen molar-refractivity contribution < 1.29 is 14.7 Å². The van der Waals surface area contributed by atoms with Gasteiger partial charge in [-0.3, -0.25) is 4.79 Å². The highest BCUT2D eigenvalue weighted by Gasteiger charge is 2.49. The number of carboxylic acids is 1. The van der Waals surface area contributed by atoms with Crippen LogP contribution in [-0.4, -0.2) is 31.9 Å². The molecule has 0 spiro atoms. The average Bonchev–Trinajstić information content (AvgIpc) is 3.40. The fourth-order valence-electron chi connectivity index (χ4n) is 4.49. The van der Waals surface area contributed by atoms with Gasteiger partial charge in [0.2, 0.25) is 0 Å². The third kappa shape index (κ3) is 3.11. The number of hydrogen-bond donors (Lipinski definition) is 2. The second kappa shape index (κ2) is 7.72. The van der Waals surface area contributed by atoms with E-state index in [1.807, 2.05) is 66.9 Å². The molecule has 2 aromatic carbocycles. The molecule has 0 amide bonds. The zero-order chi connectivity index (χ0) is 22.3. The maximum absolute atomic E-state index is 14.0. The lowest BCUT2D eigenvalue weighted by Gasteiger charge is -2.34. The Bertz CT molecular complexity index is 1310. The van der Waals surface area contributed by atoms with Crippen molar-refractivity contribution in [2.75, 3.05) is 5.73 Å². The number of rotatable bonds is 5. The Balaban J connectivity index is 1.63. The lowest BCUT2D eigenvalue weighted by Crippen LogP contribution is -2.41. The van der Waals surface area contributed by atoms with Crippen molar-refractivity contribution in [3.63, 3.8) is 0 Å². The van der Waals surface area contributed by atoms with Gasteiger partial charge < -0.3 is 10.8 Å². The van der Waals surface area contributed by atoms with Crippen LogP contribution >= 0.6 is 11.3 Å². The molecule has 0 fully saturated rings. The van der Waals surface area contributed by atoms with Gasteiger partial charge in [-0.2, -0.15) is 0 Å². The normalized spacial score (nSPS) is 17.8. The molecule has 160 valence electrons. The summed E-state index contributed by atoms with van der Waals surface area (Å²) in [6, 6.07) is 19.4. The van der Waals surface area contributed by atoms with Crippen LogP contribution in [0.4, 0.5) is 5.00 Å². The highest BCUT2D eigenvalue weighted by atomic mass is 32.1. The number of nitrogens with zero attached hydrogens (tertiary/aromatic N) is 3. The zero-order valence-electron chi connectivity index (χ0n) is 17.1. The van der Waals surface area contributed by atoms with Gasteiger partial charge in [-0.1, -0.05) is 65.9 Å². The molecule has 1 atom stereocenters. The number of carbonyl (C=O) groups is 2.